The quantitative estimate of drug-likeness (QED) is 0.440. The monoisotopic (exact) mass is 539 g/mol. The largest absolute Gasteiger partial charge is 0.339 e. The molecule has 4 rings (SSSR count). The maximum atomic E-state index is 13.1. The van der Waals surface area contributed by atoms with Gasteiger partial charge in [0.05, 0.1) is 23.7 Å². The van der Waals surface area contributed by atoms with Crippen molar-refractivity contribution < 1.29 is 14.1 Å². The van der Waals surface area contributed by atoms with Crippen LogP contribution in [0.3, 0.4) is 0 Å². The predicted molar refractivity (Wildman–Crippen MR) is 138 cm³/mol. The molecule has 0 radical (unpaired) electrons. The van der Waals surface area contributed by atoms with E-state index in [1.807, 2.05) is 50.2 Å². The van der Waals surface area contributed by atoms with Gasteiger partial charge in [-0.15, -0.1) is 0 Å². The number of likely N-dealkylation sites (tertiary alicyclic amines) is 1. The molecule has 1 unspecified atom stereocenters. The highest BCUT2D eigenvalue weighted by molar-refractivity contribution is 9.10. The summed E-state index contributed by atoms with van der Waals surface area (Å²) in [5, 5.41) is 7.11. The van der Waals surface area contributed by atoms with Gasteiger partial charge in [-0.25, -0.2) is 0 Å². The molecule has 2 heterocycles. The number of amides is 2. The molecule has 1 atom stereocenters. The maximum absolute atomic E-state index is 13.1. The number of piperidine rings is 1. The normalized spacial score (nSPS) is 16.1. The molecular formula is C26H30BrN5O3. The number of carbonyl (C=O) groups is 2. The number of nitrogens with one attached hydrogen (secondary N) is 1. The molecule has 1 fully saturated rings. The van der Waals surface area contributed by atoms with Gasteiger partial charge in [-0.05, 0) is 69.6 Å². The minimum Gasteiger partial charge on any atom is -0.339 e. The van der Waals surface area contributed by atoms with Crippen molar-refractivity contribution in [3.63, 3.8) is 0 Å². The smallest absolute Gasteiger partial charge is 0.255 e. The Bertz CT molecular complexity index is 1160. The highest BCUT2D eigenvalue weighted by Crippen LogP contribution is 2.24. The highest BCUT2D eigenvalue weighted by Gasteiger charge is 2.28. The number of aromatic nitrogens is 2. The van der Waals surface area contributed by atoms with Crippen LogP contribution in [0.1, 0.15) is 42.9 Å². The van der Waals surface area contributed by atoms with E-state index in [4.69, 9.17) is 4.52 Å². The molecule has 0 spiro atoms. The van der Waals surface area contributed by atoms with Crippen LogP contribution >= 0.6 is 15.9 Å². The lowest BCUT2D eigenvalue weighted by Crippen LogP contribution is -2.40. The number of hydrogen-bond acceptors (Lipinski definition) is 6. The third kappa shape index (κ3) is 6.15. The maximum Gasteiger partial charge on any atom is 0.255 e. The molecule has 9 heteroatoms. The molecule has 1 aromatic heterocycles. The first kappa shape index (κ1) is 25.1. The van der Waals surface area contributed by atoms with Crippen molar-refractivity contribution >= 4 is 33.4 Å². The Morgan fingerprint density at radius 3 is 2.63 bits per heavy atom. The third-order valence-corrected chi connectivity index (χ3v) is 6.80. The molecule has 8 nitrogen and oxygen atoms in total. The molecule has 1 N–H and O–H groups in total. The molecule has 1 saturated heterocycles. The third-order valence-electron chi connectivity index (χ3n) is 6.27. The van der Waals surface area contributed by atoms with Gasteiger partial charge in [0, 0.05) is 29.7 Å². The van der Waals surface area contributed by atoms with Crippen molar-refractivity contribution in [1.82, 2.24) is 19.9 Å². The first-order chi connectivity index (χ1) is 17.0. The Kier molecular flexibility index (Phi) is 8.30. The molecule has 0 aliphatic carbocycles. The van der Waals surface area contributed by atoms with Crippen LogP contribution in [0.2, 0.25) is 0 Å². The Labute approximate surface area is 213 Å². The molecule has 0 saturated carbocycles. The SMILES string of the molecule is CCN(CC)C(=O)c1ccccc1NC(=O)C1CCCN(Cc2nc(-c3ccc(Br)cc3)no2)C1. The zero-order valence-electron chi connectivity index (χ0n) is 20.0. The average Bonchev–Trinajstić information content (AvgIpc) is 3.34. The van der Waals surface area contributed by atoms with E-state index in [9.17, 15) is 9.59 Å². The fraction of sp³-hybridized carbons (Fsp3) is 0.385. The summed E-state index contributed by atoms with van der Waals surface area (Å²) in [5.41, 5.74) is 1.96. The zero-order valence-corrected chi connectivity index (χ0v) is 21.6. The second-order valence-electron chi connectivity index (χ2n) is 8.61. The molecule has 3 aromatic rings. The zero-order chi connectivity index (χ0) is 24.8. The van der Waals surface area contributed by atoms with Gasteiger partial charge in [-0.1, -0.05) is 33.2 Å². The van der Waals surface area contributed by atoms with Crippen LogP contribution in [0.4, 0.5) is 5.69 Å². The molecule has 2 aromatic carbocycles. The Hall–Kier alpha value is -3.04. The molecule has 35 heavy (non-hydrogen) atoms. The number of rotatable bonds is 8. The van der Waals surface area contributed by atoms with Crippen molar-refractivity contribution in [2.45, 2.75) is 33.2 Å². The number of anilines is 1. The topological polar surface area (TPSA) is 91.6 Å². The van der Waals surface area contributed by atoms with E-state index >= 15 is 0 Å². The summed E-state index contributed by atoms with van der Waals surface area (Å²) in [7, 11) is 0. The van der Waals surface area contributed by atoms with E-state index in [1.54, 1.807) is 17.0 Å². The molecule has 184 valence electrons. The van der Waals surface area contributed by atoms with E-state index in [2.05, 4.69) is 36.3 Å². The number of halogens is 1. The van der Waals surface area contributed by atoms with Gasteiger partial charge in [0.2, 0.25) is 17.6 Å². The first-order valence-corrected chi connectivity index (χ1v) is 12.8. The van der Waals surface area contributed by atoms with Crippen molar-refractivity contribution in [1.29, 1.82) is 0 Å². The van der Waals surface area contributed by atoms with Gasteiger partial charge in [0.1, 0.15) is 0 Å². The van der Waals surface area contributed by atoms with E-state index < -0.39 is 0 Å². The van der Waals surface area contributed by atoms with Gasteiger partial charge in [-0.3, -0.25) is 14.5 Å². The van der Waals surface area contributed by atoms with E-state index in [0.29, 0.717) is 49.1 Å². The van der Waals surface area contributed by atoms with Crippen LogP contribution < -0.4 is 5.32 Å². The number of nitrogens with zero attached hydrogens (tertiary/aromatic N) is 4. The summed E-state index contributed by atoms with van der Waals surface area (Å²) in [6.07, 6.45) is 1.69. The van der Waals surface area contributed by atoms with Crippen molar-refractivity contribution in [2.24, 2.45) is 5.92 Å². The van der Waals surface area contributed by atoms with Crippen LogP contribution in [0.25, 0.3) is 11.4 Å². The van der Waals surface area contributed by atoms with E-state index in [-0.39, 0.29) is 17.7 Å². The van der Waals surface area contributed by atoms with Crippen molar-refractivity contribution in [2.75, 3.05) is 31.5 Å². The fourth-order valence-electron chi connectivity index (χ4n) is 4.33. The molecular weight excluding hydrogens is 510 g/mol. The average molecular weight is 540 g/mol. The lowest BCUT2D eigenvalue weighted by Gasteiger charge is -2.31. The van der Waals surface area contributed by atoms with E-state index in [0.717, 1.165) is 29.4 Å². The van der Waals surface area contributed by atoms with E-state index in [1.165, 1.54) is 0 Å². The lowest BCUT2D eigenvalue weighted by molar-refractivity contribution is -0.121. The minimum absolute atomic E-state index is 0.0735. The lowest BCUT2D eigenvalue weighted by atomic mass is 9.96. The van der Waals surface area contributed by atoms with Gasteiger partial charge in [-0.2, -0.15) is 4.98 Å². The summed E-state index contributed by atoms with van der Waals surface area (Å²) in [6.45, 7) is 7.08. The number of carbonyl (C=O) groups excluding carboxylic acids is 2. The Morgan fingerprint density at radius 2 is 1.89 bits per heavy atom. The van der Waals surface area contributed by atoms with Crippen LogP contribution in [-0.4, -0.2) is 57.9 Å². The number of para-hydroxylation sites is 1. The summed E-state index contributed by atoms with van der Waals surface area (Å²) in [5.74, 6) is 0.742. The summed E-state index contributed by atoms with van der Waals surface area (Å²) in [4.78, 5) is 34.5. The molecule has 1 aliphatic rings. The van der Waals surface area contributed by atoms with Gasteiger partial charge >= 0.3 is 0 Å². The predicted octanol–water partition coefficient (Wildman–Crippen LogP) is 4.83. The van der Waals surface area contributed by atoms with Crippen molar-refractivity contribution in [3.05, 3.63) is 64.5 Å². The summed E-state index contributed by atoms with van der Waals surface area (Å²) < 4.78 is 6.46. The highest BCUT2D eigenvalue weighted by atomic mass is 79.9. The second-order valence-corrected chi connectivity index (χ2v) is 9.52. The van der Waals surface area contributed by atoms with Crippen LogP contribution in [0, 0.1) is 5.92 Å². The first-order valence-electron chi connectivity index (χ1n) is 12.0. The fourth-order valence-corrected chi connectivity index (χ4v) is 4.60. The summed E-state index contributed by atoms with van der Waals surface area (Å²) >= 11 is 3.43. The minimum atomic E-state index is -0.186. The van der Waals surface area contributed by atoms with Crippen LogP contribution in [0.15, 0.2) is 57.5 Å². The Balaban J connectivity index is 1.39. The van der Waals surface area contributed by atoms with Crippen LogP contribution in [0.5, 0.6) is 0 Å². The van der Waals surface area contributed by atoms with Gasteiger partial charge < -0.3 is 14.7 Å². The number of hydrogen-bond donors (Lipinski definition) is 1. The standard InChI is InChI=1S/C26H30BrN5O3/c1-3-32(4-2)26(34)21-9-5-6-10-22(21)28-25(33)19-8-7-15-31(16-19)17-23-29-24(30-35-23)18-11-13-20(27)14-12-18/h5-6,9-14,19H,3-4,7-8,15-17H2,1-2H3,(H,28,33). The summed E-state index contributed by atoms with van der Waals surface area (Å²) in [6, 6.07) is 15.0. The molecule has 2 amide bonds. The Morgan fingerprint density at radius 1 is 1.14 bits per heavy atom. The van der Waals surface area contributed by atoms with Gasteiger partial charge in [0.15, 0.2) is 0 Å². The second kappa shape index (κ2) is 11.6. The van der Waals surface area contributed by atoms with Crippen LogP contribution in [-0.2, 0) is 11.3 Å². The molecule has 1 aliphatic heterocycles. The van der Waals surface area contributed by atoms with Crippen molar-refractivity contribution in [3.8, 4) is 11.4 Å². The van der Waals surface area contributed by atoms with Gasteiger partial charge in [0.25, 0.3) is 5.91 Å². The number of benzene rings is 2. The molecule has 0 bridgehead atoms.